The van der Waals surface area contributed by atoms with E-state index < -0.39 is 28.7 Å². The first-order chi connectivity index (χ1) is 9.07. The summed E-state index contributed by atoms with van der Waals surface area (Å²) in [5.74, 6) is -0.545. The zero-order valence-electron chi connectivity index (χ0n) is 11.0. The molecule has 0 bridgehead atoms. The lowest BCUT2D eigenvalue weighted by atomic mass is 9.70. The predicted molar refractivity (Wildman–Crippen MR) is 66.8 cm³/mol. The van der Waals surface area contributed by atoms with Crippen LogP contribution in [0.5, 0.6) is 0 Å². The van der Waals surface area contributed by atoms with Crippen molar-refractivity contribution < 1.29 is 23.1 Å². The Labute approximate surface area is 114 Å². The van der Waals surface area contributed by atoms with Crippen LogP contribution in [0.1, 0.15) is 37.3 Å². The lowest BCUT2D eigenvalue weighted by Crippen LogP contribution is -2.57. The van der Waals surface area contributed by atoms with Gasteiger partial charge in [-0.15, -0.1) is 0 Å². The van der Waals surface area contributed by atoms with Crippen LogP contribution >= 0.6 is 0 Å². The van der Waals surface area contributed by atoms with E-state index in [1.54, 1.807) is 0 Å². The van der Waals surface area contributed by atoms with Crippen molar-refractivity contribution >= 4 is 5.78 Å². The molecule has 0 amide bonds. The molecule has 0 unspecified atom stereocenters. The number of rotatable bonds is 1. The quantitative estimate of drug-likeness (QED) is 0.833. The number of ketones is 1. The summed E-state index contributed by atoms with van der Waals surface area (Å²) in [5.41, 5.74) is 2.62. The minimum absolute atomic E-state index is 0.301. The van der Waals surface area contributed by atoms with Crippen molar-refractivity contribution in [1.29, 1.82) is 0 Å². The Hall–Kier alpha value is -1.40. The van der Waals surface area contributed by atoms with Crippen molar-refractivity contribution in [3.8, 4) is 0 Å². The molecule has 1 aliphatic carbocycles. The highest BCUT2D eigenvalue weighted by Gasteiger charge is 2.48. The molecule has 1 aliphatic rings. The van der Waals surface area contributed by atoms with Gasteiger partial charge < -0.3 is 10.8 Å². The predicted octanol–water partition coefficient (Wildman–Crippen LogP) is 2.36. The van der Waals surface area contributed by atoms with Crippen molar-refractivity contribution in [3.05, 3.63) is 35.4 Å². The molecular formula is C14H16F3NO2. The number of hydrogen-bond acceptors (Lipinski definition) is 3. The topological polar surface area (TPSA) is 63.3 Å². The van der Waals surface area contributed by atoms with E-state index in [2.05, 4.69) is 0 Å². The number of benzene rings is 1. The van der Waals surface area contributed by atoms with Crippen LogP contribution in [0.15, 0.2) is 24.3 Å². The molecule has 1 aromatic rings. The van der Waals surface area contributed by atoms with Gasteiger partial charge in [0.1, 0.15) is 11.1 Å². The fourth-order valence-electron chi connectivity index (χ4n) is 2.65. The van der Waals surface area contributed by atoms with E-state index in [-0.39, 0.29) is 0 Å². The maximum atomic E-state index is 12.5. The van der Waals surface area contributed by atoms with E-state index in [1.807, 2.05) is 0 Å². The SMILES string of the molecule is C[C@]1(O)CCC[C@](N)(c2ccc(C(F)(F)F)cc2)C1=O. The number of nitrogens with two attached hydrogens (primary N) is 1. The molecule has 6 heteroatoms. The first-order valence-electron chi connectivity index (χ1n) is 6.31. The molecule has 110 valence electrons. The fraction of sp³-hybridized carbons (Fsp3) is 0.500. The van der Waals surface area contributed by atoms with E-state index >= 15 is 0 Å². The summed E-state index contributed by atoms with van der Waals surface area (Å²) in [6, 6.07) is 4.23. The molecular weight excluding hydrogens is 271 g/mol. The van der Waals surface area contributed by atoms with Gasteiger partial charge in [0.2, 0.25) is 0 Å². The van der Waals surface area contributed by atoms with Gasteiger partial charge in [0.25, 0.3) is 0 Å². The van der Waals surface area contributed by atoms with Crippen LogP contribution in [-0.2, 0) is 16.5 Å². The molecule has 1 saturated carbocycles. The Morgan fingerprint density at radius 2 is 1.75 bits per heavy atom. The molecule has 0 saturated heterocycles. The van der Waals surface area contributed by atoms with Crippen LogP contribution < -0.4 is 5.73 Å². The zero-order valence-corrected chi connectivity index (χ0v) is 11.0. The molecule has 0 radical (unpaired) electrons. The molecule has 1 aromatic carbocycles. The maximum absolute atomic E-state index is 12.5. The summed E-state index contributed by atoms with van der Waals surface area (Å²) >= 11 is 0. The van der Waals surface area contributed by atoms with Crippen molar-refractivity contribution in [2.45, 2.75) is 43.5 Å². The van der Waals surface area contributed by atoms with Crippen molar-refractivity contribution in [3.63, 3.8) is 0 Å². The monoisotopic (exact) mass is 287 g/mol. The van der Waals surface area contributed by atoms with Crippen LogP contribution in [0.25, 0.3) is 0 Å². The Balaban J connectivity index is 2.37. The Morgan fingerprint density at radius 1 is 1.20 bits per heavy atom. The third-order valence-electron chi connectivity index (χ3n) is 3.86. The molecule has 0 spiro atoms. The first kappa shape index (κ1) is 15.0. The number of alkyl halides is 3. The fourth-order valence-corrected chi connectivity index (χ4v) is 2.65. The smallest absolute Gasteiger partial charge is 0.382 e. The van der Waals surface area contributed by atoms with Gasteiger partial charge in [-0.3, -0.25) is 4.79 Å². The Bertz CT molecular complexity index is 522. The first-order valence-corrected chi connectivity index (χ1v) is 6.31. The third-order valence-corrected chi connectivity index (χ3v) is 3.86. The Morgan fingerprint density at radius 3 is 2.25 bits per heavy atom. The van der Waals surface area contributed by atoms with E-state index in [9.17, 15) is 23.1 Å². The highest BCUT2D eigenvalue weighted by Crippen LogP contribution is 2.38. The number of halogens is 3. The van der Waals surface area contributed by atoms with Gasteiger partial charge in [0.05, 0.1) is 5.56 Å². The number of Topliss-reactive ketones (excluding diaryl/α,β-unsaturated/α-hetero) is 1. The van der Waals surface area contributed by atoms with Gasteiger partial charge in [-0.25, -0.2) is 0 Å². The average Bonchev–Trinajstić information content (AvgIpc) is 2.35. The normalized spacial score (nSPS) is 31.4. The summed E-state index contributed by atoms with van der Waals surface area (Å²) in [6.45, 7) is 1.39. The molecule has 1 fully saturated rings. The van der Waals surface area contributed by atoms with Gasteiger partial charge in [0, 0.05) is 0 Å². The second-order valence-electron chi connectivity index (χ2n) is 5.50. The summed E-state index contributed by atoms with van der Waals surface area (Å²) < 4.78 is 37.6. The molecule has 0 heterocycles. The van der Waals surface area contributed by atoms with Gasteiger partial charge >= 0.3 is 6.18 Å². The summed E-state index contributed by atoms with van der Waals surface area (Å²) in [6.07, 6.45) is -3.27. The van der Waals surface area contributed by atoms with Crippen LogP contribution in [-0.4, -0.2) is 16.5 Å². The molecule has 0 aliphatic heterocycles. The largest absolute Gasteiger partial charge is 0.416 e. The molecule has 2 rings (SSSR count). The highest BCUT2D eigenvalue weighted by atomic mass is 19.4. The van der Waals surface area contributed by atoms with Crippen molar-refractivity contribution in [2.75, 3.05) is 0 Å². The van der Waals surface area contributed by atoms with Gasteiger partial charge in [-0.05, 0) is 43.9 Å². The van der Waals surface area contributed by atoms with Gasteiger partial charge in [0.15, 0.2) is 5.78 Å². The number of aliphatic hydroxyl groups is 1. The van der Waals surface area contributed by atoms with Crippen molar-refractivity contribution in [1.82, 2.24) is 0 Å². The highest BCUT2D eigenvalue weighted by molar-refractivity contribution is 5.96. The Kier molecular flexibility index (Phi) is 3.42. The van der Waals surface area contributed by atoms with Gasteiger partial charge in [-0.1, -0.05) is 12.1 Å². The van der Waals surface area contributed by atoms with Gasteiger partial charge in [-0.2, -0.15) is 13.2 Å². The average molecular weight is 287 g/mol. The van der Waals surface area contributed by atoms with E-state index in [1.165, 1.54) is 19.1 Å². The number of carbonyl (C=O) groups is 1. The van der Waals surface area contributed by atoms with E-state index in [0.29, 0.717) is 24.8 Å². The minimum atomic E-state index is -4.43. The number of carbonyl (C=O) groups excluding carboxylic acids is 1. The van der Waals surface area contributed by atoms with E-state index in [0.717, 1.165) is 12.1 Å². The molecule has 2 atom stereocenters. The van der Waals surface area contributed by atoms with Crippen LogP contribution in [0.3, 0.4) is 0 Å². The molecule has 20 heavy (non-hydrogen) atoms. The second-order valence-corrected chi connectivity index (χ2v) is 5.50. The summed E-state index contributed by atoms with van der Waals surface area (Å²) in [7, 11) is 0. The lowest BCUT2D eigenvalue weighted by Gasteiger charge is -2.40. The molecule has 3 N–H and O–H groups in total. The second kappa shape index (κ2) is 4.56. The minimum Gasteiger partial charge on any atom is -0.382 e. The van der Waals surface area contributed by atoms with Crippen LogP contribution in [0.4, 0.5) is 13.2 Å². The maximum Gasteiger partial charge on any atom is 0.416 e. The van der Waals surface area contributed by atoms with Crippen LogP contribution in [0.2, 0.25) is 0 Å². The summed E-state index contributed by atoms with van der Waals surface area (Å²) in [4.78, 5) is 12.3. The zero-order chi connectivity index (χ0) is 15.2. The standard InChI is InChI=1S/C14H16F3NO2/c1-12(20)7-2-8-13(18,11(12)19)9-3-5-10(6-4-9)14(15,16)17/h3-6,20H,2,7-8,18H2,1H3/t12-,13-/m0/s1. The summed E-state index contributed by atoms with van der Waals surface area (Å²) in [5, 5.41) is 10.0. The molecule has 3 nitrogen and oxygen atoms in total. The van der Waals surface area contributed by atoms with E-state index in [4.69, 9.17) is 5.73 Å². The third kappa shape index (κ3) is 2.45. The number of hydrogen-bond donors (Lipinski definition) is 2. The van der Waals surface area contributed by atoms with Crippen molar-refractivity contribution in [2.24, 2.45) is 5.73 Å². The van der Waals surface area contributed by atoms with Crippen LogP contribution in [0, 0.1) is 0 Å². The molecule has 0 aromatic heterocycles. The lowest BCUT2D eigenvalue weighted by molar-refractivity contribution is -0.146.